The predicted octanol–water partition coefficient (Wildman–Crippen LogP) is 4.96. The van der Waals surface area contributed by atoms with Crippen LogP contribution < -0.4 is 10.6 Å². The first-order chi connectivity index (χ1) is 13.8. The van der Waals surface area contributed by atoms with E-state index in [1.165, 1.54) is 17.7 Å². The molecule has 1 aliphatic heterocycles. The first kappa shape index (κ1) is 20.8. The first-order valence-corrected chi connectivity index (χ1v) is 10.0. The maximum absolute atomic E-state index is 13.0. The number of likely N-dealkylation sites (tertiary alicyclic amines) is 1. The molecule has 1 aliphatic rings. The Morgan fingerprint density at radius 3 is 2.21 bits per heavy atom. The average molecular weight is 397 g/mol. The number of hydrogen-bond donors (Lipinski definition) is 2. The zero-order chi connectivity index (χ0) is 21.0. The highest BCUT2D eigenvalue weighted by Crippen LogP contribution is 2.27. The van der Waals surface area contributed by atoms with Gasteiger partial charge in [-0.15, -0.1) is 0 Å². The second-order valence-electron chi connectivity index (χ2n) is 7.84. The number of urea groups is 1. The van der Waals surface area contributed by atoms with Gasteiger partial charge in [-0.3, -0.25) is 4.79 Å². The lowest BCUT2D eigenvalue weighted by atomic mass is 9.85. The number of piperidine rings is 1. The molecular weight excluding hydrogens is 369 g/mol. The molecule has 2 N–H and O–H groups in total. The lowest BCUT2D eigenvalue weighted by molar-refractivity contribution is -0.121. The molecule has 2 aromatic carbocycles. The minimum Gasteiger partial charge on any atom is -0.326 e. The molecule has 3 amide bonds. The van der Waals surface area contributed by atoms with E-state index in [1.54, 1.807) is 17.0 Å². The fourth-order valence-electron chi connectivity index (χ4n) is 3.63. The summed E-state index contributed by atoms with van der Waals surface area (Å²) in [6.45, 7) is 7.22. The van der Waals surface area contributed by atoms with Crippen LogP contribution >= 0.6 is 0 Å². The molecule has 0 aliphatic carbocycles. The van der Waals surface area contributed by atoms with Gasteiger partial charge in [0, 0.05) is 30.4 Å². The molecule has 1 heterocycles. The summed E-state index contributed by atoms with van der Waals surface area (Å²) in [7, 11) is 0. The maximum atomic E-state index is 13.0. The van der Waals surface area contributed by atoms with E-state index < -0.39 is 0 Å². The van der Waals surface area contributed by atoms with Crippen molar-refractivity contribution in [1.82, 2.24) is 4.90 Å². The van der Waals surface area contributed by atoms with Crippen molar-refractivity contribution in [2.45, 2.75) is 33.6 Å². The van der Waals surface area contributed by atoms with E-state index in [0.29, 0.717) is 18.8 Å². The predicted molar refractivity (Wildman–Crippen MR) is 113 cm³/mol. The minimum atomic E-state index is -0.336. The minimum absolute atomic E-state index is 0.0162. The van der Waals surface area contributed by atoms with E-state index in [9.17, 15) is 14.0 Å². The summed E-state index contributed by atoms with van der Waals surface area (Å²) >= 11 is 0. The molecule has 154 valence electrons. The number of carbonyl (C=O) groups is 2. The van der Waals surface area contributed by atoms with Crippen LogP contribution in [0.4, 0.5) is 20.6 Å². The van der Waals surface area contributed by atoms with E-state index in [0.717, 1.165) is 24.1 Å². The summed E-state index contributed by atoms with van der Waals surface area (Å²) in [6.07, 6.45) is 1.55. The Bertz CT molecular complexity index is 874. The zero-order valence-corrected chi connectivity index (χ0v) is 17.2. The Hall–Kier alpha value is -2.89. The van der Waals surface area contributed by atoms with Crippen LogP contribution in [0.25, 0.3) is 0 Å². The molecule has 0 spiro atoms. The molecule has 0 aromatic heterocycles. The lowest BCUT2D eigenvalue weighted by Crippen LogP contribution is -2.43. The lowest BCUT2D eigenvalue weighted by Gasteiger charge is -2.34. The van der Waals surface area contributed by atoms with Crippen molar-refractivity contribution >= 4 is 23.3 Å². The Kier molecular flexibility index (Phi) is 6.52. The van der Waals surface area contributed by atoms with Crippen LogP contribution in [0.15, 0.2) is 42.5 Å². The van der Waals surface area contributed by atoms with Crippen molar-refractivity contribution in [2.24, 2.45) is 11.8 Å². The topological polar surface area (TPSA) is 61.4 Å². The van der Waals surface area contributed by atoms with Gasteiger partial charge in [0.05, 0.1) is 0 Å². The van der Waals surface area contributed by atoms with Crippen LogP contribution in [0.3, 0.4) is 0 Å². The second-order valence-corrected chi connectivity index (χ2v) is 7.84. The summed E-state index contributed by atoms with van der Waals surface area (Å²) in [4.78, 5) is 26.8. The number of anilines is 2. The molecule has 0 radical (unpaired) electrons. The van der Waals surface area contributed by atoms with E-state index in [-0.39, 0.29) is 29.6 Å². The van der Waals surface area contributed by atoms with E-state index in [1.807, 2.05) is 39.0 Å². The molecule has 1 saturated heterocycles. The van der Waals surface area contributed by atoms with Crippen molar-refractivity contribution < 1.29 is 14.0 Å². The summed E-state index contributed by atoms with van der Waals surface area (Å²) in [5, 5.41) is 5.80. The van der Waals surface area contributed by atoms with Gasteiger partial charge in [-0.05, 0) is 80.1 Å². The summed E-state index contributed by atoms with van der Waals surface area (Å²) in [5.41, 5.74) is 3.74. The number of aryl methyl sites for hydroxylation is 2. The quantitative estimate of drug-likeness (QED) is 0.766. The second kappa shape index (κ2) is 9.07. The third-order valence-electron chi connectivity index (χ3n) is 5.82. The SMILES string of the molecule is Cc1ccc(NC(=O)[C@@H](C)C2CCN(C(=O)Nc3ccc(F)cc3)CC2)cc1C. The molecule has 6 heteroatoms. The van der Waals surface area contributed by atoms with Crippen molar-refractivity contribution in [3.63, 3.8) is 0 Å². The van der Waals surface area contributed by atoms with Crippen LogP contribution in [0.1, 0.15) is 30.9 Å². The monoisotopic (exact) mass is 397 g/mol. The number of amides is 3. The van der Waals surface area contributed by atoms with Crippen molar-refractivity contribution in [1.29, 1.82) is 0 Å². The summed E-state index contributed by atoms with van der Waals surface area (Å²) in [5.74, 6) is -0.213. The fourth-order valence-corrected chi connectivity index (χ4v) is 3.63. The molecule has 1 fully saturated rings. The van der Waals surface area contributed by atoms with E-state index >= 15 is 0 Å². The Balaban J connectivity index is 1.49. The molecule has 5 nitrogen and oxygen atoms in total. The summed E-state index contributed by atoms with van der Waals surface area (Å²) < 4.78 is 13.0. The van der Waals surface area contributed by atoms with Crippen LogP contribution in [-0.2, 0) is 4.79 Å². The number of nitrogens with one attached hydrogen (secondary N) is 2. The van der Waals surface area contributed by atoms with Gasteiger partial charge in [-0.1, -0.05) is 13.0 Å². The molecule has 29 heavy (non-hydrogen) atoms. The van der Waals surface area contributed by atoms with Crippen molar-refractivity contribution in [3.8, 4) is 0 Å². The number of halogens is 1. The Labute approximate surface area is 171 Å². The van der Waals surface area contributed by atoms with Crippen LogP contribution in [0, 0.1) is 31.5 Å². The third-order valence-corrected chi connectivity index (χ3v) is 5.82. The van der Waals surface area contributed by atoms with Crippen LogP contribution in [0.5, 0.6) is 0 Å². The van der Waals surface area contributed by atoms with Gasteiger partial charge in [0.25, 0.3) is 0 Å². The highest BCUT2D eigenvalue weighted by molar-refractivity contribution is 5.92. The van der Waals surface area contributed by atoms with Gasteiger partial charge in [0.2, 0.25) is 5.91 Å². The normalized spacial score (nSPS) is 15.7. The Morgan fingerprint density at radius 2 is 1.59 bits per heavy atom. The molecule has 0 saturated carbocycles. The van der Waals surface area contributed by atoms with E-state index in [2.05, 4.69) is 10.6 Å². The van der Waals surface area contributed by atoms with Gasteiger partial charge >= 0.3 is 6.03 Å². The number of nitrogens with zero attached hydrogens (tertiary/aromatic N) is 1. The fraction of sp³-hybridized carbons (Fsp3) is 0.391. The molecule has 1 atom stereocenters. The molecule has 3 rings (SSSR count). The molecule has 0 unspecified atom stereocenters. The number of rotatable bonds is 4. The molecule has 0 bridgehead atoms. The van der Waals surface area contributed by atoms with Gasteiger partial charge in [0.1, 0.15) is 5.82 Å². The smallest absolute Gasteiger partial charge is 0.321 e. The highest BCUT2D eigenvalue weighted by Gasteiger charge is 2.30. The van der Waals surface area contributed by atoms with E-state index in [4.69, 9.17) is 0 Å². The van der Waals surface area contributed by atoms with Crippen molar-refractivity contribution in [3.05, 3.63) is 59.4 Å². The van der Waals surface area contributed by atoms with Gasteiger partial charge in [0.15, 0.2) is 0 Å². The van der Waals surface area contributed by atoms with Gasteiger partial charge in [-0.2, -0.15) is 0 Å². The zero-order valence-electron chi connectivity index (χ0n) is 17.2. The average Bonchev–Trinajstić information content (AvgIpc) is 2.72. The van der Waals surface area contributed by atoms with Crippen LogP contribution in [0.2, 0.25) is 0 Å². The molecule has 2 aromatic rings. The highest BCUT2D eigenvalue weighted by atomic mass is 19.1. The van der Waals surface area contributed by atoms with Gasteiger partial charge < -0.3 is 15.5 Å². The number of carbonyl (C=O) groups excluding carboxylic acids is 2. The standard InChI is InChI=1S/C23H28FN3O2/c1-15-4-7-21(14-16(15)2)25-22(28)17(3)18-10-12-27(13-11-18)23(29)26-20-8-5-19(24)6-9-20/h4-9,14,17-18H,10-13H2,1-3H3,(H,25,28)(H,26,29)/t17-/m0/s1. The number of hydrogen-bond acceptors (Lipinski definition) is 2. The molecular formula is C23H28FN3O2. The number of benzene rings is 2. The Morgan fingerprint density at radius 1 is 0.966 bits per heavy atom. The maximum Gasteiger partial charge on any atom is 0.321 e. The largest absolute Gasteiger partial charge is 0.326 e. The van der Waals surface area contributed by atoms with Gasteiger partial charge in [-0.25, -0.2) is 9.18 Å². The summed E-state index contributed by atoms with van der Waals surface area (Å²) in [6, 6.07) is 11.4. The third kappa shape index (κ3) is 5.34. The van der Waals surface area contributed by atoms with Crippen molar-refractivity contribution in [2.75, 3.05) is 23.7 Å². The first-order valence-electron chi connectivity index (χ1n) is 10.0. The van der Waals surface area contributed by atoms with Crippen LogP contribution in [-0.4, -0.2) is 29.9 Å².